The molecule has 2 atom stereocenters. The molecule has 2 aromatic rings. The summed E-state index contributed by atoms with van der Waals surface area (Å²) in [6.45, 7) is 2.65. The standard InChI is InChI=1S/C18H20N4O3/c1-12(21-17(23)16-10-20-18(24)22-16)14-4-6-15(7-5-14)25-11-13-3-2-8-19-9-13/h2-9,12,16H,10-11H2,1H3,(H,21,23)(H2,20,22,24)/t12-,16+/m1/s1. The Hall–Kier alpha value is -3.09. The SMILES string of the molecule is C[C@@H](NC(=O)[C@@H]1CNC(=O)N1)c1ccc(OCc2cccnc2)cc1. The van der Waals surface area contributed by atoms with Gasteiger partial charge in [0.1, 0.15) is 18.4 Å². The third-order valence-corrected chi connectivity index (χ3v) is 3.96. The van der Waals surface area contributed by atoms with Gasteiger partial charge < -0.3 is 20.7 Å². The van der Waals surface area contributed by atoms with Gasteiger partial charge in [-0.2, -0.15) is 0 Å². The first-order chi connectivity index (χ1) is 12.1. The van der Waals surface area contributed by atoms with E-state index in [1.165, 1.54) is 0 Å². The van der Waals surface area contributed by atoms with Crippen LogP contribution in [0.3, 0.4) is 0 Å². The van der Waals surface area contributed by atoms with Gasteiger partial charge in [-0.05, 0) is 30.7 Å². The van der Waals surface area contributed by atoms with Gasteiger partial charge in [0.15, 0.2) is 0 Å². The quantitative estimate of drug-likeness (QED) is 0.743. The molecule has 7 heteroatoms. The van der Waals surface area contributed by atoms with Crippen LogP contribution < -0.4 is 20.7 Å². The summed E-state index contributed by atoms with van der Waals surface area (Å²) in [5.74, 6) is 0.543. The average Bonchev–Trinajstić information content (AvgIpc) is 3.08. The van der Waals surface area contributed by atoms with E-state index in [0.717, 1.165) is 16.9 Å². The summed E-state index contributed by atoms with van der Waals surface area (Å²) >= 11 is 0. The summed E-state index contributed by atoms with van der Waals surface area (Å²) in [4.78, 5) is 27.2. The molecule has 1 aromatic carbocycles. The molecule has 130 valence electrons. The minimum atomic E-state index is -0.531. The van der Waals surface area contributed by atoms with Crippen molar-refractivity contribution in [1.82, 2.24) is 20.9 Å². The summed E-state index contributed by atoms with van der Waals surface area (Å²) < 4.78 is 5.72. The largest absolute Gasteiger partial charge is 0.489 e. The number of rotatable bonds is 6. The van der Waals surface area contributed by atoms with Crippen molar-refractivity contribution in [2.75, 3.05) is 6.54 Å². The Morgan fingerprint density at radius 2 is 2.16 bits per heavy atom. The number of pyridine rings is 1. The number of nitrogens with zero attached hydrogens (tertiary/aromatic N) is 1. The highest BCUT2D eigenvalue weighted by atomic mass is 16.5. The number of ether oxygens (including phenoxy) is 1. The number of benzene rings is 1. The molecule has 3 N–H and O–H groups in total. The second-order valence-electron chi connectivity index (χ2n) is 5.86. The van der Waals surface area contributed by atoms with Gasteiger partial charge in [0, 0.05) is 24.5 Å². The van der Waals surface area contributed by atoms with Crippen molar-refractivity contribution < 1.29 is 14.3 Å². The summed E-state index contributed by atoms with van der Waals surface area (Å²) in [5.41, 5.74) is 1.96. The molecule has 0 bridgehead atoms. The zero-order chi connectivity index (χ0) is 17.6. The lowest BCUT2D eigenvalue weighted by Crippen LogP contribution is -2.43. The van der Waals surface area contributed by atoms with Gasteiger partial charge in [-0.3, -0.25) is 9.78 Å². The highest BCUT2D eigenvalue weighted by Gasteiger charge is 2.27. The maximum Gasteiger partial charge on any atom is 0.315 e. The summed E-state index contributed by atoms with van der Waals surface area (Å²) in [6, 6.07) is 10.4. The van der Waals surface area contributed by atoms with E-state index in [9.17, 15) is 9.59 Å². The van der Waals surface area contributed by atoms with Crippen molar-refractivity contribution in [3.63, 3.8) is 0 Å². The third kappa shape index (κ3) is 4.47. The lowest BCUT2D eigenvalue weighted by atomic mass is 10.1. The molecule has 7 nitrogen and oxygen atoms in total. The number of amides is 3. The van der Waals surface area contributed by atoms with Crippen LogP contribution in [0.4, 0.5) is 4.79 Å². The van der Waals surface area contributed by atoms with Crippen LogP contribution in [0.2, 0.25) is 0 Å². The fraction of sp³-hybridized carbons (Fsp3) is 0.278. The van der Waals surface area contributed by atoms with Crippen molar-refractivity contribution in [1.29, 1.82) is 0 Å². The molecule has 0 radical (unpaired) electrons. The number of carbonyl (C=O) groups is 2. The number of urea groups is 1. The minimum absolute atomic E-state index is 0.169. The maximum atomic E-state index is 12.1. The van der Waals surface area contributed by atoms with Gasteiger partial charge in [0.05, 0.1) is 6.04 Å². The van der Waals surface area contributed by atoms with Crippen LogP contribution in [0, 0.1) is 0 Å². The van der Waals surface area contributed by atoms with Crippen molar-refractivity contribution in [2.24, 2.45) is 0 Å². The Labute approximate surface area is 145 Å². The van der Waals surface area contributed by atoms with Gasteiger partial charge in [-0.15, -0.1) is 0 Å². The Bertz CT molecular complexity index is 734. The molecule has 0 aliphatic carbocycles. The molecular formula is C18H20N4O3. The fourth-order valence-electron chi connectivity index (χ4n) is 2.51. The second kappa shape index (κ2) is 7.65. The van der Waals surface area contributed by atoms with Crippen LogP contribution in [0.1, 0.15) is 24.1 Å². The van der Waals surface area contributed by atoms with E-state index in [0.29, 0.717) is 13.2 Å². The normalized spacial score (nSPS) is 17.3. The molecule has 3 rings (SSSR count). The second-order valence-corrected chi connectivity index (χ2v) is 5.86. The Kier molecular flexibility index (Phi) is 5.13. The van der Waals surface area contributed by atoms with Crippen LogP contribution in [0.25, 0.3) is 0 Å². The van der Waals surface area contributed by atoms with E-state index in [1.807, 2.05) is 43.3 Å². The topological polar surface area (TPSA) is 92.4 Å². The van der Waals surface area contributed by atoms with Crippen LogP contribution in [-0.2, 0) is 11.4 Å². The Morgan fingerprint density at radius 3 is 2.80 bits per heavy atom. The number of aromatic nitrogens is 1. The molecule has 0 saturated carbocycles. The highest BCUT2D eigenvalue weighted by molar-refractivity contribution is 5.90. The smallest absolute Gasteiger partial charge is 0.315 e. The molecule has 2 heterocycles. The first-order valence-corrected chi connectivity index (χ1v) is 8.08. The summed E-state index contributed by atoms with van der Waals surface area (Å²) in [6.07, 6.45) is 3.49. The van der Waals surface area contributed by atoms with Crippen molar-refractivity contribution in [3.8, 4) is 5.75 Å². The van der Waals surface area contributed by atoms with Crippen molar-refractivity contribution >= 4 is 11.9 Å². The molecule has 1 aliphatic heterocycles. The molecule has 25 heavy (non-hydrogen) atoms. The Balaban J connectivity index is 1.52. The molecule has 0 unspecified atom stereocenters. The first-order valence-electron chi connectivity index (χ1n) is 8.08. The zero-order valence-corrected chi connectivity index (χ0v) is 13.9. The van der Waals surface area contributed by atoms with Crippen molar-refractivity contribution in [2.45, 2.75) is 25.6 Å². The average molecular weight is 340 g/mol. The van der Waals surface area contributed by atoms with Gasteiger partial charge in [-0.1, -0.05) is 18.2 Å². The lowest BCUT2D eigenvalue weighted by Gasteiger charge is -2.17. The molecule has 3 amide bonds. The van der Waals surface area contributed by atoms with Gasteiger partial charge in [-0.25, -0.2) is 4.79 Å². The van der Waals surface area contributed by atoms with Crippen LogP contribution >= 0.6 is 0 Å². The maximum absolute atomic E-state index is 12.1. The predicted octanol–water partition coefficient (Wildman–Crippen LogP) is 1.52. The number of hydrogen-bond donors (Lipinski definition) is 3. The fourth-order valence-corrected chi connectivity index (χ4v) is 2.51. The van der Waals surface area contributed by atoms with E-state index >= 15 is 0 Å². The van der Waals surface area contributed by atoms with E-state index < -0.39 is 6.04 Å². The number of nitrogens with one attached hydrogen (secondary N) is 3. The Morgan fingerprint density at radius 1 is 1.36 bits per heavy atom. The van der Waals surface area contributed by atoms with Crippen LogP contribution in [-0.4, -0.2) is 29.5 Å². The molecule has 1 aromatic heterocycles. The third-order valence-electron chi connectivity index (χ3n) is 3.96. The van der Waals surface area contributed by atoms with Crippen molar-refractivity contribution in [3.05, 3.63) is 59.9 Å². The van der Waals surface area contributed by atoms with E-state index in [1.54, 1.807) is 12.4 Å². The van der Waals surface area contributed by atoms with E-state index in [-0.39, 0.29) is 18.0 Å². The minimum Gasteiger partial charge on any atom is -0.489 e. The molecule has 1 saturated heterocycles. The number of hydrogen-bond acceptors (Lipinski definition) is 4. The lowest BCUT2D eigenvalue weighted by molar-refractivity contribution is -0.123. The van der Waals surface area contributed by atoms with Gasteiger partial charge >= 0.3 is 6.03 Å². The van der Waals surface area contributed by atoms with Gasteiger partial charge in [0.2, 0.25) is 5.91 Å². The van der Waals surface area contributed by atoms with Crippen LogP contribution in [0.15, 0.2) is 48.8 Å². The first kappa shape index (κ1) is 16.8. The molecular weight excluding hydrogens is 320 g/mol. The highest BCUT2D eigenvalue weighted by Crippen LogP contribution is 2.18. The predicted molar refractivity (Wildman–Crippen MR) is 91.9 cm³/mol. The molecule has 1 fully saturated rings. The summed E-state index contributed by atoms with van der Waals surface area (Å²) in [7, 11) is 0. The van der Waals surface area contributed by atoms with Crippen LogP contribution in [0.5, 0.6) is 5.75 Å². The molecule has 0 spiro atoms. The van der Waals surface area contributed by atoms with E-state index in [4.69, 9.17) is 4.74 Å². The van der Waals surface area contributed by atoms with Gasteiger partial charge in [0.25, 0.3) is 0 Å². The summed E-state index contributed by atoms with van der Waals surface area (Å²) in [5, 5.41) is 8.02. The van der Waals surface area contributed by atoms with E-state index in [2.05, 4.69) is 20.9 Å². The zero-order valence-electron chi connectivity index (χ0n) is 13.9. The molecule has 1 aliphatic rings. The number of carbonyl (C=O) groups excluding carboxylic acids is 2. The monoisotopic (exact) mass is 340 g/mol.